The third-order valence-corrected chi connectivity index (χ3v) is 5.32. The molecule has 0 bridgehead atoms. The van der Waals surface area contributed by atoms with E-state index in [0.29, 0.717) is 19.0 Å². The van der Waals surface area contributed by atoms with Gasteiger partial charge in [-0.3, -0.25) is 0 Å². The lowest BCUT2D eigenvalue weighted by molar-refractivity contribution is 0.0678. The number of benzene rings is 2. The van der Waals surface area contributed by atoms with Crippen LogP contribution in [0.3, 0.4) is 0 Å². The molecular weight excluding hydrogens is 376 g/mol. The molecule has 0 spiro atoms. The number of hydrogen-bond acceptors (Lipinski definition) is 4. The zero-order valence-electron chi connectivity index (χ0n) is 16.9. The minimum absolute atomic E-state index is 0.0160. The van der Waals surface area contributed by atoms with Crippen molar-refractivity contribution in [1.29, 1.82) is 0 Å². The second kappa shape index (κ2) is 9.92. The Bertz CT molecular complexity index is 930. The highest BCUT2D eigenvalue weighted by molar-refractivity contribution is 5.68. The van der Waals surface area contributed by atoms with Crippen LogP contribution >= 0.6 is 0 Å². The summed E-state index contributed by atoms with van der Waals surface area (Å²) in [6, 6.07) is 23.6. The van der Waals surface area contributed by atoms with E-state index in [1.54, 1.807) is 0 Å². The van der Waals surface area contributed by atoms with Gasteiger partial charge in [-0.05, 0) is 36.0 Å². The van der Waals surface area contributed by atoms with Gasteiger partial charge in [0, 0.05) is 18.8 Å². The number of carbonyl (C=O) groups excluding carboxylic acids is 1. The molecule has 1 aliphatic heterocycles. The zero-order valence-corrected chi connectivity index (χ0v) is 16.9. The van der Waals surface area contributed by atoms with E-state index in [9.17, 15) is 4.79 Å². The molecule has 5 heteroatoms. The van der Waals surface area contributed by atoms with Crippen molar-refractivity contribution in [3.63, 3.8) is 0 Å². The van der Waals surface area contributed by atoms with Gasteiger partial charge in [0.25, 0.3) is 0 Å². The van der Waals surface area contributed by atoms with Crippen molar-refractivity contribution in [2.75, 3.05) is 6.54 Å². The van der Waals surface area contributed by atoms with Crippen molar-refractivity contribution in [3.8, 4) is 5.88 Å². The van der Waals surface area contributed by atoms with Crippen LogP contribution in [0.5, 0.6) is 5.88 Å². The van der Waals surface area contributed by atoms with Crippen LogP contribution in [0.4, 0.5) is 4.79 Å². The van der Waals surface area contributed by atoms with Gasteiger partial charge in [-0.1, -0.05) is 66.7 Å². The van der Waals surface area contributed by atoms with E-state index in [4.69, 9.17) is 9.47 Å². The summed E-state index contributed by atoms with van der Waals surface area (Å²) in [6.07, 6.45) is 4.52. The van der Waals surface area contributed by atoms with Crippen molar-refractivity contribution in [2.24, 2.45) is 0 Å². The fraction of sp³-hybridized carbons (Fsp3) is 0.280. The molecular formula is C25H26N2O3. The Morgan fingerprint density at radius 2 is 1.60 bits per heavy atom. The van der Waals surface area contributed by atoms with Gasteiger partial charge in [-0.2, -0.15) is 0 Å². The molecule has 0 unspecified atom stereocenters. The molecule has 0 aliphatic carbocycles. The van der Waals surface area contributed by atoms with Crippen LogP contribution in [0.2, 0.25) is 0 Å². The van der Waals surface area contributed by atoms with Crippen molar-refractivity contribution < 1.29 is 14.3 Å². The number of nitrogens with zero attached hydrogens (tertiary/aromatic N) is 2. The Kier molecular flexibility index (Phi) is 6.60. The molecule has 1 amide bonds. The molecule has 1 atom stereocenters. The van der Waals surface area contributed by atoms with Gasteiger partial charge in [-0.15, -0.1) is 0 Å². The second-order valence-corrected chi connectivity index (χ2v) is 7.45. The summed E-state index contributed by atoms with van der Waals surface area (Å²) in [5.41, 5.74) is 3.10. The minimum atomic E-state index is -0.270. The molecule has 1 fully saturated rings. The fourth-order valence-electron chi connectivity index (χ4n) is 3.70. The number of amides is 1. The molecule has 1 aliphatic rings. The Hall–Kier alpha value is -3.34. The molecule has 2 aromatic carbocycles. The van der Waals surface area contributed by atoms with Crippen LogP contribution in [0.15, 0.2) is 79.0 Å². The first-order valence-corrected chi connectivity index (χ1v) is 10.4. The van der Waals surface area contributed by atoms with Crippen molar-refractivity contribution >= 4 is 6.09 Å². The average molecular weight is 402 g/mol. The lowest BCUT2D eigenvalue weighted by Crippen LogP contribution is -2.38. The van der Waals surface area contributed by atoms with Gasteiger partial charge in [0.05, 0.1) is 6.04 Å². The number of rotatable bonds is 6. The van der Waals surface area contributed by atoms with Crippen LogP contribution in [0.1, 0.15) is 42.0 Å². The van der Waals surface area contributed by atoms with Crippen LogP contribution in [0.25, 0.3) is 0 Å². The summed E-state index contributed by atoms with van der Waals surface area (Å²) >= 11 is 0. The Labute approximate surface area is 177 Å². The lowest BCUT2D eigenvalue weighted by atomic mass is 9.97. The third-order valence-electron chi connectivity index (χ3n) is 5.32. The molecule has 0 N–H and O–H groups in total. The predicted molar refractivity (Wildman–Crippen MR) is 115 cm³/mol. The lowest BCUT2D eigenvalue weighted by Gasteiger charge is -2.35. The highest BCUT2D eigenvalue weighted by Gasteiger charge is 2.29. The second-order valence-electron chi connectivity index (χ2n) is 7.45. The van der Waals surface area contributed by atoms with Crippen molar-refractivity contribution in [3.05, 3.63) is 95.7 Å². The summed E-state index contributed by atoms with van der Waals surface area (Å²) < 4.78 is 11.4. The number of piperidine rings is 1. The molecule has 1 saturated heterocycles. The average Bonchev–Trinajstić information content (AvgIpc) is 2.83. The third kappa shape index (κ3) is 5.17. The molecule has 4 rings (SSSR count). The number of aromatic nitrogens is 1. The smallest absolute Gasteiger partial charge is 0.410 e. The summed E-state index contributed by atoms with van der Waals surface area (Å²) in [7, 11) is 0. The first kappa shape index (κ1) is 20.0. The highest BCUT2D eigenvalue weighted by Crippen LogP contribution is 2.31. The molecule has 0 radical (unpaired) electrons. The molecule has 5 nitrogen and oxygen atoms in total. The first-order chi connectivity index (χ1) is 14.8. The molecule has 0 saturated carbocycles. The van der Waals surface area contributed by atoms with Crippen molar-refractivity contribution in [1.82, 2.24) is 9.88 Å². The largest absolute Gasteiger partial charge is 0.473 e. The first-order valence-electron chi connectivity index (χ1n) is 10.4. The van der Waals surface area contributed by atoms with Crippen LogP contribution in [0, 0.1) is 0 Å². The van der Waals surface area contributed by atoms with Gasteiger partial charge in [-0.25, -0.2) is 9.78 Å². The van der Waals surface area contributed by atoms with Gasteiger partial charge < -0.3 is 14.4 Å². The van der Waals surface area contributed by atoms with Crippen LogP contribution in [-0.2, 0) is 18.0 Å². The fourth-order valence-corrected chi connectivity index (χ4v) is 3.70. The van der Waals surface area contributed by atoms with E-state index < -0.39 is 0 Å². The minimum Gasteiger partial charge on any atom is -0.473 e. The molecule has 30 heavy (non-hydrogen) atoms. The van der Waals surface area contributed by atoms with E-state index in [1.165, 1.54) is 0 Å². The van der Waals surface area contributed by atoms with E-state index in [0.717, 1.165) is 36.0 Å². The quantitative estimate of drug-likeness (QED) is 0.544. The number of likely N-dealkylation sites (tertiary alicyclic amines) is 1. The molecule has 1 aromatic heterocycles. The van der Waals surface area contributed by atoms with E-state index in [2.05, 4.69) is 4.98 Å². The van der Waals surface area contributed by atoms with Gasteiger partial charge in [0.1, 0.15) is 13.2 Å². The standard InChI is InChI=1S/C25H26N2O3/c28-25(30-19-21-11-5-2-6-12-21)27-16-8-7-13-23(27)22-14-15-24(26-17-22)29-18-20-9-3-1-4-10-20/h1-6,9-12,14-15,17,23H,7-8,13,16,18-19H2/t23-/m0/s1. The van der Waals surface area contributed by atoms with E-state index >= 15 is 0 Å². The topological polar surface area (TPSA) is 51.7 Å². The number of pyridine rings is 1. The number of hydrogen-bond donors (Lipinski definition) is 0. The highest BCUT2D eigenvalue weighted by atomic mass is 16.6. The van der Waals surface area contributed by atoms with Gasteiger partial charge in [0.2, 0.25) is 5.88 Å². The Morgan fingerprint density at radius 1 is 0.900 bits per heavy atom. The summed E-state index contributed by atoms with van der Waals surface area (Å²) in [5, 5.41) is 0. The molecule has 154 valence electrons. The van der Waals surface area contributed by atoms with Gasteiger partial charge >= 0.3 is 6.09 Å². The predicted octanol–water partition coefficient (Wildman–Crippen LogP) is 5.52. The Balaban J connectivity index is 1.37. The SMILES string of the molecule is O=C(OCc1ccccc1)N1CCCC[C@H]1c1ccc(OCc2ccccc2)nc1. The number of ether oxygens (including phenoxy) is 2. The van der Waals surface area contributed by atoms with Crippen molar-refractivity contribution in [2.45, 2.75) is 38.5 Å². The maximum atomic E-state index is 12.7. The maximum Gasteiger partial charge on any atom is 0.410 e. The van der Waals surface area contributed by atoms with E-state index in [1.807, 2.05) is 83.9 Å². The zero-order chi connectivity index (χ0) is 20.6. The number of carbonyl (C=O) groups is 1. The van der Waals surface area contributed by atoms with Crippen LogP contribution in [-0.4, -0.2) is 22.5 Å². The normalized spacial score (nSPS) is 16.1. The summed E-state index contributed by atoms with van der Waals surface area (Å²) in [4.78, 5) is 19.0. The molecule has 3 aromatic rings. The maximum absolute atomic E-state index is 12.7. The monoisotopic (exact) mass is 402 g/mol. The van der Waals surface area contributed by atoms with Crippen LogP contribution < -0.4 is 4.74 Å². The Morgan fingerprint density at radius 3 is 2.27 bits per heavy atom. The van der Waals surface area contributed by atoms with E-state index in [-0.39, 0.29) is 18.7 Å². The molecule has 2 heterocycles. The summed E-state index contributed by atoms with van der Waals surface area (Å²) in [5.74, 6) is 0.580. The summed E-state index contributed by atoms with van der Waals surface area (Å²) in [6.45, 7) is 1.46. The van der Waals surface area contributed by atoms with Gasteiger partial charge in [0.15, 0.2) is 0 Å².